The Morgan fingerprint density at radius 3 is 2.53 bits per heavy atom. The van der Waals surface area contributed by atoms with E-state index in [0.29, 0.717) is 18.7 Å². The summed E-state index contributed by atoms with van der Waals surface area (Å²) in [6.45, 7) is 1.95. The van der Waals surface area contributed by atoms with Crippen LogP contribution in [0.3, 0.4) is 0 Å². The molecule has 2 amide bonds. The summed E-state index contributed by atoms with van der Waals surface area (Å²) in [7, 11) is 0. The molecule has 0 fully saturated rings. The van der Waals surface area contributed by atoms with Gasteiger partial charge in [-0.3, -0.25) is 4.79 Å². The van der Waals surface area contributed by atoms with Gasteiger partial charge in [-0.1, -0.05) is 25.1 Å². The summed E-state index contributed by atoms with van der Waals surface area (Å²) in [6, 6.07) is 8.73. The third-order valence-electron chi connectivity index (χ3n) is 2.32. The second-order valence-corrected chi connectivity index (χ2v) is 3.77. The summed E-state index contributed by atoms with van der Waals surface area (Å²) in [5, 5.41) is 13.9. The van der Waals surface area contributed by atoms with E-state index in [-0.39, 0.29) is 6.03 Å². The lowest BCUT2D eigenvalue weighted by Gasteiger charge is -2.09. The minimum Gasteiger partial charge on any atom is -0.481 e. The zero-order valence-electron chi connectivity index (χ0n) is 9.64. The van der Waals surface area contributed by atoms with Gasteiger partial charge in [-0.05, 0) is 18.6 Å². The second kappa shape index (κ2) is 6.52. The minimum absolute atomic E-state index is 0.325. The zero-order valence-corrected chi connectivity index (χ0v) is 9.64. The Hall–Kier alpha value is -2.04. The smallest absolute Gasteiger partial charge is 0.319 e. The number of carbonyl (C=O) groups excluding carboxylic acids is 1. The third-order valence-corrected chi connectivity index (χ3v) is 2.32. The van der Waals surface area contributed by atoms with Gasteiger partial charge in [0.15, 0.2) is 0 Å². The fourth-order valence-electron chi connectivity index (χ4n) is 1.22. The van der Waals surface area contributed by atoms with Gasteiger partial charge in [0.25, 0.3) is 0 Å². The van der Waals surface area contributed by atoms with Crippen LogP contribution < -0.4 is 10.6 Å². The molecule has 0 saturated carbocycles. The van der Waals surface area contributed by atoms with Gasteiger partial charge in [-0.15, -0.1) is 0 Å². The van der Waals surface area contributed by atoms with Crippen LogP contribution in [0.1, 0.15) is 13.3 Å². The first-order valence-corrected chi connectivity index (χ1v) is 5.42. The SMILES string of the molecule is CC(CCNC(=O)Nc1ccccc1)C(=O)O. The van der Waals surface area contributed by atoms with Crippen LogP contribution in [0.25, 0.3) is 0 Å². The van der Waals surface area contributed by atoms with Crippen molar-refractivity contribution in [2.45, 2.75) is 13.3 Å². The average Bonchev–Trinajstić information content (AvgIpc) is 2.30. The van der Waals surface area contributed by atoms with Crippen molar-refractivity contribution >= 4 is 17.7 Å². The molecule has 1 unspecified atom stereocenters. The normalized spacial score (nSPS) is 11.6. The number of para-hydroxylation sites is 1. The Morgan fingerprint density at radius 1 is 1.29 bits per heavy atom. The number of urea groups is 1. The van der Waals surface area contributed by atoms with Crippen LogP contribution in [0.4, 0.5) is 10.5 Å². The van der Waals surface area contributed by atoms with Gasteiger partial charge in [-0.2, -0.15) is 0 Å². The van der Waals surface area contributed by atoms with Gasteiger partial charge in [0.1, 0.15) is 0 Å². The fourth-order valence-corrected chi connectivity index (χ4v) is 1.22. The summed E-state index contributed by atoms with van der Waals surface area (Å²) in [5.74, 6) is -1.30. The Balaban J connectivity index is 2.25. The number of nitrogens with one attached hydrogen (secondary N) is 2. The molecule has 5 nitrogen and oxygen atoms in total. The van der Waals surface area contributed by atoms with Crippen molar-refractivity contribution in [1.29, 1.82) is 0 Å². The Labute approximate surface area is 99.8 Å². The number of amides is 2. The largest absolute Gasteiger partial charge is 0.481 e. The first kappa shape index (κ1) is 13.0. The van der Waals surface area contributed by atoms with Gasteiger partial charge in [0.2, 0.25) is 0 Å². The average molecular weight is 236 g/mol. The molecule has 0 saturated heterocycles. The lowest BCUT2D eigenvalue weighted by atomic mass is 10.1. The Morgan fingerprint density at radius 2 is 1.94 bits per heavy atom. The van der Waals surface area contributed by atoms with Crippen molar-refractivity contribution < 1.29 is 14.7 Å². The number of carboxylic acid groups (broad SMARTS) is 1. The quantitative estimate of drug-likeness (QED) is 0.730. The molecule has 1 aromatic carbocycles. The van der Waals surface area contributed by atoms with E-state index in [0.717, 1.165) is 0 Å². The highest BCUT2D eigenvalue weighted by atomic mass is 16.4. The van der Waals surface area contributed by atoms with E-state index >= 15 is 0 Å². The molecule has 3 N–H and O–H groups in total. The number of aliphatic carboxylic acids is 1. The summed E-state index contributed by atoms with van der Waals surface area (Å²) in [4.78, 5) is 21.9. The second-order valence-electron chi connectivity index (χ2n) is 3.77. The van der Waals surface area contributed by atoms with Crippen LogP contribution in [0.15, 0.2) is 30.3 Å². The molecule has 0 aliphatic carbocycles. The van der Waals surface area contributed by atoms with Gasteiger partial charge in [0, 0.05) is 12.2 Å². The van der Waals surface area contributed by atoms with Crippen molar-refractivity contribution in [3.05, 3.63) is 30.3 Å². The number of hydrogen-bond donors (Lipinski definition) is 3. The number of rotatable bonds is 5. The van der Waals surface area contributed by atoms with Crippen LogP contribution in [0.2, 0.25) is 0 Å². The van der Waals surface area contributed by atoms with Crippen molar-refractivity contribution in [3.8, 4) is 0 Å². The Kier molecular flexibility index (Phi) is 5.00. The molecule has 0 aliphatic rings. The van der Waals surface area contributed by atoms with E-state index in [2.05, 4.69) is 10.6 Å². The highest BCUT2D eigenvalue weighted by Gasteiger charge is 2.10. The van der Waals surface area contributed by atoms with Crippen LogP contribution >= 0.6 is 0 Å². The van der Waals surface area contributed by atoms with Crippen LogP contribution in [0, 0.1) is 5.92 Å². The fraction of sp³-hybridized carbons (Fsp3) is 0.333. The molecule has 0 spiro atoms. The molecule has 17 heavy (non-hydrogen) atoms. The molecular formula is C12H16N2O3. The summed E-state index contributed by atoms with van der Waals surface area (Å²) >= 11 is 0. The van der Waals surface area contributed by atoms with Crippen LogP contribution in [0.5, 0.6) is 0 Å². The molecule has 0 radical (unpaired) electrons. The topological polar surface area (TPSA) is 78.4 Å². The number of benzene rings is 1. The number of carbonyl (C=O) groups is 2. The first-order chi connectivity index (χ1) is 8.09. The van der Waals surface area contributed by atoms with E-state index in [1.54, 1.807) is 19.1 Å². The summed E-state index contributed by atoms with van der Waals surface area (Å²) < 4.78 is 0. The van der Waals surface area contributed by atoms with Gasteiger partial charge >= 0.3 is 12.0 Å². The Bertz CT molecular complexity index is 379. The molecule has 0 bridgehead atoms. The molecule has 5 heteroatoms. The van der Waals surface area contributed by atoms with Crippen LogP contribution in [-0.2, 0) is 4.79 Å². The molecule has 0 aliphatic heterocycles. The molecule has 0 aromatic heterocycles. The van der Waals surface area contributed by atoms with Crippen LogP contribution in [-0.4, -0.2) is 23.7 Å². The lowest BCUT2D eigenvalue weighted by Crippen LogP contribution is -2.31. The van der Waals surface area contributed by atoms with E-state index in [9.17, 15) is 9.59 Å². The number of hydrogen-bond acceptors (Lipinski definition) is 2. The number of anilines is 1. The monoisotopic (exact) mass is 236 g/mol. The van der Waals surface area contributed by atoms with Crippen molar-refractivity contribution in [1.82, 2.24) is 5.32 Å². The first-order valence-electron chi connectivity index (χ1n) is 5.42. The summed E-state index contributed by atoms with van der Waals surface area (Å²) in [5.41, 5.74) is 0.705. The van der Waals surface area contributed by atoms with Crippen molar-refractivity contribution in [3.63, 3.8) is 0 Å². The highest BCUT2D eigenvalue weighted by Crippen LogP contribution is 2.04. The lowest BCUT2D eigenvalue weighted by molar-refractivity contribution is -0.141. The molecule has 1 atom stereocenters. The zero-order chi connectivity index (χ0) is 12.7. The molecule has 1 rings (SSSR count). The van der Waals surface area contributed by atoms with Crippen molar-refractivity contribution in [2.24, 2.45) is 5.92 Å². The predicted molar refractivity (Wildman–Crippen MR) is 64.9 cm³/mol. The van der Waals surface area contributed by atoms with Crippen molar-refractivity contribution in [2.75, 3.05) is 11.9 Å². The van der Waals surface area contributed by atoms with Gasteiger partial charge in [0.05, 0.1) is 5.92 Å². The highest BCUT2D eigenvalue weighted by molar-refractivity contribution is 5.89. The standard InChI is InChI=1S/C12H16N2O3/c1-9(11(15)16)7-8-13-12(17)14-10-5-3-2-4-6-10/h2-6,9H,7-8H2,1H3,(H,15,16)(H2,13,14,17). The maximum atomic E-state index is 11.4. The molecular weight excluding hydrogens is 220 g/mol. The van der Waals surface area contributed by atoms with Gasteiger partial charge < -0.3 is 15.7 Å². The maximum absolute atomic E-state index is 11.4. The van der Waals surface area contributed by atoms with E-state index in [1.165, 1.54) is 0 Å². The summed E-state index contributed by atoms with van der Waals surface area (Å²) in [6.07, 6.45) is 0.414. The molecule has 92 valence electrons. The number of carboxylic acids is 1. The molecule has 1 aromatic rings. The van der Waals surface area contributed by atoms with Gasteiger partial charge in [-0.25, -0.2) is 4.79 Å². The predicted octanol–water partition coefficient (Wildman–Crippen LogP) is 1.92. The van der Waals surface area contributed by atoms with E-state index < -0.39 is 11.9 Å². The van der Waals surface area contributed by atoms with E-state index in [1.807, 2.05) is 18.2 Å². The van der Waals surface area contributed by atoms with E-state index in [4.69, 9.17) is 5.11 Å². The third kappa shape index (κ3) is 5.01. The maximum Gasteiger partial charge on any atom is 0.319 e. The molecule has 0 heterocycles. The minimum atomic E-state index is -0.852.